The van der Waals surface area contributed by atoms with Crippen LogP contribution in [0.25, 0.3) is 5.69 Å². The fraction of sp³-hybridized carbons (Fsp3) is 0.458. The highest BCUT2D eigenvalue weighted by Crippen LogP contribution is 2.30. The summed E-state index contributed by atoms with van der Waals surface area (Å²) in [5, 5.41) is 15.6. The lowest BCUT2D eigenvalue weighted by atomic mass is 10.0. The quantitative estimate of drug-likeness (QED) is 0.723. The van der Waals surface area contributed by atoms with E-state index in [4.69, 9.17) is 0 Å². The van der Waals surface area contributed by atoms with E-state index < -0.39 is 0 Å². The van der Waals surface area contributed by atoms with Gasteiger partial charge in [-0.15, -0.1) is 0 Å². The van der Waals surface area contributed by atoms with Gasteiger partial charge < -0.3 is 10.6 Å². The maximum absolute atomic E-state index is 13.4. The van der Waals surface area contributed by atoms with Gasteiger partial charge in [-0.25, -0.2) is 4.39 Å². The maximum Gasteiger partial charge on any atom is 0.239 e. The van der Waals surface area contributed by atoms with Gasteiger partial charge in [0.25, 0.3) is 0 Å². The molecule has 1 aliphatic rings. The minimum atomic E-state index is -0.352. The lowest BCUT2D eigenvalue weighted by Gasteiger charge is -2.32. The van der Waals surface area contributed by atoms with E-state index in [0.29, 0.717) is 30.2 Å². The number of hydrogen-bond acceptors (Lipinski definition) is 4. The molecule has 0 spiro atoms. The molecule has 0 radical (unpaired) electrons. The van der Waals surface area contributed by atoms with Crippen molar-refractivity contribution in [1.29, 1.82) is 5.26 Å². The first-order valence-electron chi connectivity index (χ1n) is 10.9. The molecule has 1 saturated heterocycles. The average Bonchev–Trinajstić information content (AvgIpc) is 2.99. The molecule has 0 unspecified atom stereocenters. The number of carbonyl (C=O) groups is 2. The number of piperidine rings is 1. The van der Waals surface area contributed by atoms with Crippen LogP contribution in [0.15, 0.2) is 24.3 Å². The number of hydrogen-bond donors (Lipinski definition) is 2. The third kappa shape index (κ3) is 5.17. The summed E-state index contributed by atoms with van der Waals surface area (Å²) in [6.07, 6.45) is 1.58. The van der Waals surface area contributed by atoms with Crippen LogP contribution in [0.3, 0.4) is 0 Å². The smallest absolute Gasteiger partial charge is 0.239 e. The molecule has 3 rings (SSSR count). The number of benzene rings is 1. The standard InChI is InChI=1S/C24H30FN5O2/c1-15(2)24(32)27-19-9-11-29(12-10-19)14-22(31)28-23-21(13-26)16(3)17(4)30(23)20-7-5-18(25)6-8-20/h5-8,15,19H,9-12,14H2,1-4H3,(H,27,32)(H,28,31). The van der Waals surface area contributed by atoms with E-state index in [2.05, 4.69) is 16.7 Å². The third-order valence-electron chi connectivity index (χ3n) is 5.99. The van der Waals surface area contributed by atoms with Gasteiger partial charge in [-0.2, -0.15) is 5.26 Å². The van der Waals surface area contributed by atoms with Crippen molar-refractivity contribution in [2.45, 2.75) is 46.6 Å². The Morgan fingerprint density at radius 1 is 1.19 bits per heavy atom. The number of anilines is 1. The normalized spacial score (nSPS) is 14.9. The van der Waals surface area contributed by atoms with Gasteiger partial charge in [-0.3, -0.25) is 19.1 Å². The zero-order valence-corrected chi connectivity index (χ0v) is 19.0. The summed E-state index contributed by atoms with van der Waals surface area (Å²) < 4.78 is 15.2. The molecule has 170 valence electrons. The first-order chi connectivity index (χ1) is 15.2. The van der Waals surface area contributed by atoms with E-state index in [1.54, 1.807) is 16.7 Å². The van der Waals surface area contributed by atoms with Crippen LogP contribution in [0.5, 0.6) is 0 Å². The molecule has 2 amide bonds. The van der Waals surface area contributed by atoms with Crippen molar-refractivity contribution in [3.63, 3.8) is 0 Å². The Labute approximate surface area is 188 Å². The van der Waals surface area contributed by atoms with Crippen LogP contribution in [-0.2, 0) is 9.59 Å². The van der Waals surface area contributed by atoms with E-state index in [-0.39, 0.29) is 36.1 Å². The van der Waals surface area contributed by atoms with Gasteiger partial charge in [0.05, 0.1) is 12.1 Å². The zero-order valence-electron chi connectivity index (χ0n) is 19.0. The first kappa shape index (κ1) is 23.5. The predicted molar refractivity (Wildman–Crippen MR) is 121 cm³/mol. The van der Waals surface area contributed by atoms with Crippen LogP contribution >= 0.6 is 0 Å². The predicted octanol–water partition coefficient (Wildman–Crippen LogP) is 3.28. The van der Waals surface area contributed by atoms with Crippen molar-refractivity contribution in [1.82, 2.24) is 14.8 Å². The zero-order chi connectivity index (χ0) is 23.4. The molecule has 1 aromatic carbocycles. The van der Waals surface area contributed by atoms with Crippen LogP contribution in [0.2, 0.25) is 0 Å². The second kappa shape index (κ2) is 9.96. The molecule has 8 heteroatoms. The van der Waals surface area contributed by atoms with Crippen molar-refractivity contribution in [2.75, 3.05) is 25.0 Å². The van der Waals surface area contributed by atoms with Gasteiger partial charge in [0.15, 0.2) is 0 Å². The summed E-state index contributed by atoms with van der Waals surface area (Å²) in [4.78, 5) is 26.8. The van der Waals surface area contributed by atoms with E-state index in [0.717, 1.165) is 24.1 Å². The molecule has 1 fully saturated rings. The van der Waals surface area contributed by atoms with Crippen molar-refractivity contribution < 1.29 is 14.0 Å². The van der Waals surface area contributed by atoms with Crippen LogP contribution in [0.1, 0.15) is 43.5 Å². The molecule has 2 heterocycles. The molecule has 1 aromatic heterocycles. The van der Waals surface area contributed by atoms with E-state index >= 15 is 0 Å². The highest BCUT2D eigenvalue weighted by atomic mass is 19.1. The number of nitrogens with zero attached hydrogens (tertiary/aromatic N) is 3. The minimum absolute atomic E-state index is 0.0441. The molecule has 2 N–H and O–H groups in total. The second-order valence-electron chi connectivity index (χ2n) is 8.62. The molecular weight excluding hydrogens is 409 g/mol. The Morgan fingerprint density at radius 2 is 1.81 bits per heavy atom. The summed E-state index contributed by atoms with van der Waals surface area (Å²) in [7, 11) is 0. The molecule has 0 bridgehead atoms. The SMILES string of the molecule is Cc1c(C#N)c(NC(=O)CN2CCC(NC(=O)C(C)C)CC2)n(-c2ccc(F)cc2)c1C. The van der Waals surface area contributed by atoms with Gasteiger partial charge >= 0.3 is 0 Å². The van der Waals surface area contributed by atoms with Crippen LogP contribution in [0.4, 0.5) is 10.2 Å². The van der Waals surface area contributed by atoms with E-state index in [9.17, 15) is 19.2 Å². The summed E-state index contributed by atoms with van der Waals surface area (Å²) in [6.45, 7) is 9.05. The lowest BCUT2D eigenvalue weighted by molar-refractivity contribution is -0.125. The molecular formula is C24H30FN5O2. The number of nitriles is 1. The number of halogens is 1. The monoisotopic (exact) mass is 439 g/mol. The Morgan fingerprint density at radius 3 is 2.38 bits per heavy atom. The first-order valence-corrected chi connectivity index (χ1v) is 10.9. The number of likely N-dealkylation sites (tertiary alicyclic amines) is 1. The molecule has 32 heavy (non-hydrogen) atoms. The summed E-state index contributed by atoms with van der Waals surface area (Å²) in [6, 6.07) is 8.26. The van der Waals surface area contributed by atoms with E-state index in [1.807, 2.05) is 32.6 Å². The second-order valence-corrected chi connectivity index (χ2v) is 8.62. The largest absolute Gasteiger partial charge is 0.353 e. The highest BCUT2D eigenvalue weighted by Gasteiger charge is 2.25. The van der Waals surface area contributed by atoms with Gasteiger partial charge in [-0.05, 0) is 56.5 Å². The van der Waals surface area contributed by atoms with Gasteiger partial charge in [0.1, 0.15) is 17.7 Å². The van der Waals surface area contributed by atoms with Gasteiger partial charge in [0, 0.05) is 36.4 Å². The molecule has 7 nitrogen and oxygen atoms in total. The number of carbonyl (C=O) groups excluding carboxylic acids is 2. The number of amides is 2. The van der Waals surface area contributed by atoms with Crippen molar-refractivity contribution in [3.05, 3.63) is 46.9 Å². The molecule has 0 saturated carbocycles. The average molecular weight is 440 g/mol. The van der Waals surface area contributed by atoms with E-state index in [1.165, 1.54) is 12.1 Å². The summed E-state index contributed by atoms with van der Waals surface area (Å²) >= 11 is 0. The lowest BCUT2D eigenvalue weighted by Crippen LogP contribution is -2.47. The minimum Gasteiger partial charge on any atom is -0.353 e. The van der Waals surface area contributed by atoms with Gasteiger partial charge in [-0.1, -0.05) is 13.8 Å². The summed E-state index contributed by atoms with van der Waals surface area (Å²) in [5.41, 5.74) is 2.65. The Bertz CT molecular complexity index is 1030. The fourth-order valence-electron chi connectivity index (χ4n) is 3.95. The molecule has 1 aliphatic heterocycles. The Kier molecular flexibility index (Phi) is 7.31. The van der Waals surface area contributed by atoms with Crippen molar-refractivity contribution >= 4 is 17.6 Å². The number of rotatable bonds is 6. The molecule has 2 aromatic rings. The van der Waals surface area contributed by atoms with Crippen LogP contribution in [-0.4, -0.2) is 47.0 Å². The van der Waals surface area contributed by atoms with Crippen LogP contribution < -0.4 is 10.6 Å². The topological polar surface area (TPSA) is 90.2 Å². The molecule has 0 atom stereocenters. The molecule has 0 aliphatic carbocycles. The Balaban J connectivity index is 1.69. The number of nitrogens with one attached hydrogen (secondary N) is 2. The summed E-state index contributed by atoms with van der Waals surface area (Å²) in [5.74, 6) is -0.158. The Hall–Kier alpha value is -3.18. The third-order valence-corrected chi connectivity index (χ3v) is 5.99. The van der Waals surface area contributed by atoms with Gasteiger partial charge in [0.2, 0.25) is 11.8 Å². The van der Waals surface area contributed by atoms with Crippen LogP contribution in [0, 0.1) is 36.9 Å². The number of aromatic nitrogens is 1. The highest BCUT2D eigenvalue weighted by molar-refractivity contribution is 5.93. The fourth-order valence-corrected chi connectivity index (χ4v) is 3.95. The van der Waals surface area contributed by atoms with Crippen molar-refractivity contribution in [2.24, 2.45) is 5.92 Å². The maximum atomic E-state index is 13.4. The van der Waals surface area contributed by atoms with Crippen molar-refractivity contribution in [3.8, 4) is 11.8 Å².